The third kappa shape index (κ3) is 4.91. The van der Waals surface area contributed by atoms with Crippen LogP contribution in [0.5, 0.6) is 0 Å². The molecule has 2 aliphatic heterocycles. The number of thioether (sulfide) groups is 1. The lowest BCUT2D eigenvalue weighted by atomic mass is 9.98. The van der Waals surface area contributed by atoms with Gasteiger partial charge in [0.15, 0.2) is 0 Å². The van der Waals surface area contributed by atoms with Crippen LogP contribution in [0, 0.1) is 30.0 Å². The molecular formula is C26H27FN4O2S2. The number of amides is 1. The van der Waals surface area contributed by atoms with E-state index in [0.29, 0.717) is 32.8 Å². The summed E-state index contributed by atoms with van der Waals surface area (Å²) >= 11 is 6.70. The second kappa shape index (κ2) is 10.3. The fourth-order valence-corrected chi connectivity index (χ4v) is 5.94. The lowest BCUT2D eigenvalue weighted by Crippen LogP contribution is -2.40. The van der Waals surface area contributed by atoms with Crippen molar-refractivity contribution in [3.05, 3.63) is 67.6 Å². The Balaban J connectivity index is 1.80. The summed E-state index contributed by atoms with van der Waals surface area (Å²) in [5, 5.41) is 9.74. The molecule has 1 aromatic carbocycles. The summed E-state index contributed by atoms with van der Waals surface area (Å²) in [6, 6.07) is 8.05. The van der Waals surface area contributed by atoms with Gasteiger partial charge in [-0.25, -0.2) is 4.39 Å². The summed E-state index contributed by atoms with van der Waals surface area (Å²) in [7, 11) is 0. The lowest BCUT2D eigenvalue weighted by Gasteiger charge is -2.35. The van der Waals surface area contributed by atoms with Crippen molar-refractivity contribution in [1.29, 1.82) is 5.26 Å². The van der Waals surface area contributed by atoms with Crippen LogP contribution in [-0.2, 0) is 17.9 Å². The Bertz CT molecular complexity index is 1310. The predicted molar refractivity (Wildman–Crippen MR) is 142 cm³/mol. The van der Waals surface area contributed by atoms with Gasteiger partial charge in [-0.05, 0) is 61.9 Å². The molecule has 0 saturated carbocycles. The van der Waals surface area contributed by atoms with Gasteiger partial charge in [-0.15, -0.1) is 0 Å². The van der Waals surface area contributed by atoms with E-state index >= 15 is 0 Å². The largest absolute Gasteiger partial charge is 0.357 e. The van der Waals surface area contributed by atoms with E-state index in [2.05, 4.69) is 17.9 Å². The first-order valence-corrected chi connectivity index (χ1v) is 12.9. The Morgan fingerprint density at radius 2 is 2.00 bits per heavy atom. The minimum Gasteiger partial charge on any atom is -0.357 e. The number of hydrogen-bond acceptors (Lipinski definition) is 6. The van der Waals surface area contributed by atoms with Crippen LogP contribution in [-0.4, -0.2) is 32.8 Å². The van der Waals surface area contributed by atoms with Gasteiger partial charge in [0.25, 0.3) is 11.5 Å². The predicted octanol–water partition coefficient (Wildman–Crippen LogP) is 4.83. The number of nitriles is 1. The van der Waals surface area contributed by atoms with Crippen molar-refractivity contribution < 1.29 is 9.18 Å². The molecule has 6 nitrogen and oxygen atoms in total. The van der Waals surface area contributed by atoms with Crippen molar-refractivity contribution >= 4 is 46.1 Å². The highest BCUT2D eigenvalue weighted by Crippen LogP contribution is 2.37. The number of anilines is 1. The Morgan fingerprint density at radius 3 is 2.63 bits per heavy atom. The number of pyridine rings is 1. The zero-order chi connectivity index (χ0) is 25.3. The molecule has 1 aromatic heterocycles. The van der Waals surface area contributed by atoms with Gasteiger partial charge in [-0.3, -0.25) is 19.1 Å². The number of rotatable bonds is 5. The molecule has 2 aliphatic rings. The highest BCUT2D eigenvalue weighted by Gasteiger charge is 2.33. The summed E-state index contributed by atoms with van der Waals surface area (Å²) in [5.41, 5.74) is 1.84. The standard InChI is InChI=1S/C26H27FN4O2S2/c1-4-30-23(29-11-5-6-16(2)14-29)20(17(3)21(13-28)24(30)32)12-22-25(33)31(26(34)35-22)15-18-7-9-19(27)10-8-18/h7-10,12,16H,4-6,11,14-15H2,1-3H3/b22-12+. The average molecular weight is 511 g/mol. The van der Waals surface area contributed by atoms with Crippen LogP contribution in [0.25, 0.3) is 6.08 Å². The quantitative estimate of drug-likeness (QED) is 0.424. The van der Waals surface area contributed by atoms with Crippen LogP contribution in [0.2, 0.25) is 0 Å². The van der Waals surface area contributed by atoms with Crippen molar-refractivity contribution in [2.75, 3.05) is 18.0 Å². The number of hydrogen-bond donors (Lipinski definition) is 0. The van der Waals surface area contributed by atoms with E-state index in [4.69, 9.17) is 12.2 Å². The van der Waals surface area contributed by atoms with Crippen LogP contribution >= 0.6 is 24.0 Å². The van der Waals surface area contributed by atoms with Crippen molar-refractivity contribution in [1.82, 2.24) is 9.47 Å². The van der Waals surface area contributed by atoms with Gasteiger partial charge in [0.05, 0.1) is 11.4 Å². The molecule has 1 atom stereocenters. The Morgan fingerprint density at radius 1 is 1.29 bits per heavy atom. The van der Waals surface area contributed by atoms with E-state index in [1.54, 1.807) is 29.7 Å². The topological polar surface area (TPSA) is 69.3 Å². The van der Waals surface area contributed by atoms with Gasteiger partial charge >= 0.3 is 0 Å². The van der Waals surface area contributed by atoms with Crippen LogP contribution in [0.1, 0.15) is 48.9 Å². The third-order valence-electron chi connectivity index (χ3n) is 6.52. The molecule has 2 saturated heterocycles. The molecule has 35 heavy (non-hydrogen) atoms. The molecule has 9 heteroatoms. The lowest BCUT2D eigenvalue weighted by molar-refractivity contribution is -0.122. The highest BCUT2D eigenvalue weighted by molar-refractivity contribution is 8.26. The molecule has 2 aromatic rings. The average Bonchev–Trinajstić information content (AvgIpc) is 3.09. The molecule has 0 N–H and O–H groups in total. The number of piperidine rings is 1. The Kier molecular flexibility index (Phi) is 7.43. The fourth-order valence-electron chi connectivity index (χ4n) is 4.70. The maximum absolute atomic E-state index is 13.3. The maximum Gasteiger partial charge on any atom is 0.270 e. The first kappa shape index (κ1) is 25.1. The normalized spacial score (nSPS) is 19.5. The number of halogens is 1. The van der Waals surface area contributed by atoms with Crippen LogP contribution in [0.3, 0.4) is 0 Å². The van der Waals surface area contributed by atoms with Crippen molar-refractivity contribution in [2.24, 2.45) is 5.92 Å². The summed E-state index contributed by atoms with van der Waals surface area (Å²) < 4.78 is 15.4. The van der Waals surface area contributed by atoms with Gasteiger partial charge in [0, 0.05) is 25.2 Å². The summed E-state index contributed by atoms with van der Waals surface area (Å²) in [6.07, 6.45) is 3.91. The number of carbonyl (C=O) groups excluding carboxylic acids is 1. The summed E-state index contributed by atoms with van der Waals surface area (Å²) in [4.78, 5) is 30.6. The van der Waals surface area contributed by atoms with Crippen LogP contribution in [0.15, 0.2) is 34.0 Å². The molecular weight excluding hydrogens is 483 g/mol. The van der Waals surface area contributed by atoms with E-state index in [1.165, 1.54) is 28.8 Å². The second-order valence-corrected chi connectivity index (χ2v) is 10.7. The van der Waals surface area contributed by atoms with Crippen molar-refractivity contribution in [2.45, 2.75) is 46.7 Å². The first-order chi connectivity index (χ1) is 16.7. The first-order valence-electron chi connectivity index (χ1n) is 11.7. The molecule has 0 aliphatic carbocycles. The summed E-state index contributed by atoms with van der Waals surface area (Å²) in [5.74, 6) is 0.647. The maximum atomic E-state index is 13.3. The van der Waals surface area contributed by atoms with Crippen molar-refractivity contribution in [3.63, 3.8) is 0 Å². The number of carbonyl (C=O) groups is 1. The van der Waals surface area contributed by atoms with Crippen molar-refractivity contribution in [3.8, 4) is 6.07 Å². The van der Waals surface area contributed by atoms with Gasteiger partial charge < -0.3 is 4.90 Å². The zero-order valence-corrected chi connectivity index (χ0v) is 21.6. The van der Waals surface area contributed by atoms with E-state index in [9.17, 15) is 19.2 Å². The SMILES string of the molecule is CCn1c(N2CCCC(C)C2)c(/C=C2/SC(=S)N(Cc3ccc(F)cc3)C2=O)c(C)c(C#N)c1=O. The molecule has 2 fully saturated rings. The smallest absolute Gasteiger partial charge is 0.270 e. The summed E-state index contributed by atoms with van der Waals surface area (Å²) in [6.45, 7) is 8.12. The van der Waals surface area contributed by atoms with Crippen LogP contribution in [0.4, 0.5) is 10.2 Å². The van der Waals surface area contributed by atoms with Gasteiger partial charge in [0.1, 0.15) is 27.6 Å². The fraction of sp³-hybridized carbons (Fsp3) is 0.385. The molecule has 1 amide bonds. The van der Waals surface area contributed by atoms with E-state index in [0.717, 1.165) is 37.3 Å². The molecule has 1 unspecified atom stereocenters. The minimum atomic E-state index is -0.339. The molecule has 0 spiro atoms. The van der Waals surface area contributed by atoms with Gasteiger partial charge in [-0.1, -0.05) is 43.0 Å². The molecule has 3 heterocycles. The van der Waals surface area contributed by atoms with E-state index < -0.39 is 0 Å². The van der Waals surface area contributed by atoms with E-state index in [-0.39, 0.29) is 29.4 Å². The Labute approximate surface area is 214 Å². The minimum absolute atomic E-state index is 0.0914. The number of thiocarbonyl (C=S) groups is 1. The van der Waals surface area contributed by atoms with E-state index in [1.807, 2.05) is 6.92 Å². The molecule has 4 rings (SSSR count). The van der Waals surface area contributed by atoms with Gasteiger partial charge in [0.2, 0.25) is 0 Å². The zero-order valence-electron chi connectivity index (χ0n) is 20.0. The molecule has 0 radical (unpaired) electrons. The Hall–Kier alpha value is -2.96. The number of aromatic nitrogens is 1. The number of benzene rings is 1. The third-order valence-corrected chi connectivity index (χ3v) is 7.90. The molecule has 0 bridgehead atoms. The monoisotopic (exact) mass is 510 g/mol. The van der Waals surface area contributed by atoms with Crippen LogP contribution < -0.4 is 10.5 Å². The molecule has 182 valence electrons. The van der Waals surface area contributed by atoms with Gasteiger partial charge in [-0.2, -0.15) is 5.26 Å². The second-order valence-electron chi connectivity index (χ2n) is 8.99. The highest BCUT2D eigenvalue weighted by atomic mass is 32.2. The number of nitrogens with zero attached hydrogens (tertiary/aromatic N) is 4.